The first-order chi connectivity index (χ1) is 9.79. The summed E-state index contributed by atoms with van der Waals surface area (Å²) in [6, 6.07) is 14.0. The number of aliphatic hydroxyl groups is 1. The van der Waals surface area contributed by atoms with Gasteiger partial charge >= 0.3 is 6.18 Å². The predicted octanol–water partition coefficient (Wildman–Crippen LogP) is 4.63. The third-order valence-electron chi connectivity index (χ3n) is 3.17. The van der Waals surface area contributed by atoms with Crippen molar-refractivity contribution in [2.75, 3.05) is 0 Å². The van der Waals surface area contributed by atoms with Gasteiger partial charge in [0.25, 0.3) is 0 Å². The molecule has 0 aromatic heterocycles. The van der Waals surface area contributed by atoms with Crippen LogP contribution in [0.25, 0.3) is 6.08 Å². The third kappa shape index (κ3) is 3.95. The van der Waals surface area contributed by atoms with E-state index in [0.717, 1.165) is 17.7 Å². The molecular weight excluding hydrogens is 277 g/mol. The molecule has 0 aliphatic rings. The third-order valence-corrected chi connectivity index (χ3v) is 3.17. The molecule has 0 saturated carbocycles. The number of halogens is 3. The van der Waals surface area contributed by atoms with Crippen molar-refractivity contribution in [3.63, 3.8) is 0 Å². The largest absolute Gasteiger partial charge is 0.416 e. The molecule has 0 fully saturated rings. The molecule has 110 valence electrons. The second-order valence-electron chi connectivity index (χ2n) is 4.97. The smallest absolute Gasteiger partial charge is 0.381 e. The molecule has 0 unspecified atom stereocenters. The van der Waals surface area contributed by atoms with Crippen molar-refractivity contribution in [3.8, 4) is 0 Å². The van der Waals surface area contributed by atoms with Crippen LogP contribution in [0.15, 0.2) is 60.7 Å². The van der Waals surface area contributed by atoms with E-state index in [0.29, 0.717) is 0 Å². The van der Waals surface area contributed by atoms with E-state index in [-0.39, 0.29) is 5.56 Å². The van der Waals surface area contributed by atoms with Crippen molar-refractivity contribution in [2.45, 2.75) is 18.7 Å². The molecule has 0 bridgehead atoms. The van der Waals surface area contributed by atoms with Gasteiger partial charge in [-0.2, -0.15) is 13.2 Å². The van der Waals surface area contributed by atoms with Gasteiger partial charge in [-0.1, -0.05) is 48.5 Å². The van der Waals surface area contributed by atoms with Crippen LogP contribution in [0.3, 0.4) is 0 Å². The van der Waals surface area contributed by atoms with E-state index in [4.69, 9.17) is 0 Å². The molecular formula is C17H15F3O. The van der Waals surface area contributed by atoms with Gasteiger partial charge in [0.1, 0.15) is 5.60 Å². The molecule has 2 aromatic carbocycles. The SMILES string of the molecule is C[C@](O)(/C=C/c1ccccc1)c1cccc(C(F)(F)F)c1. The Kier molecular flexibility index (Phi) is 4.19. The lowest BCUT2D eigenvalue weighted by molar-refractivity contribution is -0.137. The first kappa shape index (κ1) is 15.3. The Hall–Kier alpha value is -2.07. The maximum Gasteiger partial charge on any atom is 0.416 e. The van der Waals surface area contributed by atoms with Crippen molar-refractivity contribution in [2.24, 2.45) is 0 Å². The molecule has 0 aliphatic heterocycles. The van der Waals surface area contributed by atoms with E-state index >= 15 is 0 Å². The Morgan fingerprint density at radius 3 is 2.14 bits per heavy atom. The van der Waals surface area contributed by atoms with Crippen LogP contribution in [0, 0.1) is 0 Å². The quantitative estimate of drug-likeness (QED) is 0.874. The summed E-state index contributed by atoms with van der Waals surface area (Å²) < 4.78 is 38.1. The van der Waals surface area contributed by atoms with Crippen LogP contribution in [0.1, 0.15) is 23.6 Å². The first-order valence-corrected chi connectivity index (χ1v) is 6.43. The number of hydrogen-bond acceptors (Lipinski definition) is 1. The van der Waals surface area contributed by atoms with E-state index in [9.17, 15) is 18.3 Å². The molecule has 0 heterocycles. The topological polar surface area (TPSA) is 20.2 Å². The number of rotatable bonds is 3. The molecule has 21 heavy (non-hydrogen) atoms. The molecule has 1 N–H and O–H groups in total. The van der Waals surface area contributed by atoms with Gasteiger partial charge in [0.15, 0.2) is 0 Å². The lowest BCUT2D eigenvalue weighted by atomic mass is 9.93. The Balaban J connectivity index is 2.29. The fourth-order valence-corrected chi connectivity index (χ4v) is 1.93. The summed E-state index contributed by atoms with van der Waals surface area (Å²) in [6.45, 7) is 1.46. The Morgan fingerprint density at radius 2 is 1.52 bits per heavy atom. The molecule has 1 nitrogen and oxygen atoms in total. The lowest BCUT2D eigenvalue weighted by Gasteiger charge is -2.21. The van der Waals surface area contributed by atoms with Crippen molar-refractivity contribution in [1.29, 1.82) is 0 Å². The zero-order valence-electron chi connectivity index (χ0n) is 11.4. The summed E-state index contributed by atoms with van der Waals surface area (Å²) in [7, 11) is 0. The molecule has 0 radical (unpaired) electrons. The van der Waals surface area contributed by atoms with Crippen LogP contribution in [0.5, 0.6) is 0 Å². The summed E-state index contributed by atoms with van der Waals surface area (Å²) in [6.07, 6.45) is -1.26. The zero-order valence-corrected chi connectivity index (χ0v) is 11.4. The minimum atomic E-state index is -4.42. The molecule has 0 aliphatic carbocycles. The highest BCUT2D eigenvalue weighted by atomic mass is 19.4. The molecule has 0 spiro atoms. The van der Waals surface area contributed by atoms with Crippen molar-refractivity contribution in [3.05, 3.63) is 77.4 Å². The molecule has 1 atom stereocenters. The van der Waals surface area contributed by atoms with Crippen LogP contribution in [0.4, 0.5) is 13.2 Å². The number of alkyl halides is 3. The predicted molar refractivity (Wildman–Crippen MR) is 76.5 cm³/mol. The summed E-state index contributed by atoms with van der Waals surface area (Å²) in [5.74, 6) is 0. The highest BCUT2D eigenvalue weighted by Crippen LogP contribution is 2.32. The first-order valence-electron chi connectivity index (χ1n) is 6.43. The Bertz CT molecular complexity index is 628. The Labute approximate surface area is 121 Å². The second kappa shape index (κ2) is 5.74. The molecule has 2 aromatic rings. The van der Waals surface area contributed by atoms with Gasteiger partial charge in [-0.05, 0) is 36.3 Å². The van der Waals surface area contributed by atoms with Gasteiger partial charge in [0, 0.05) is 0 Å². The fraction of sp³-hybridized carbons (Fsp3) is 0.176. The van der Waals surface area contributed by atoms with Gasteiger partial charge in [-0.3, -0.25) is 0 Å². The minimum Gasteiger partial charge on any atom is -0.381 e. The highest BCUT2D eigenvalue weighted by molar-refractivity contribution is 5.51. The highest BCUT2D eigenvalue weighted by Gasteiger charge is 2.32. The van der Waals surface area contributed by atoms with Crippen molar-refractivity contribution >= 4 is 6.08 Å². The standard InChI is InChI=1S/C17H15F3O/c1-16(21,11-10-13-6-3-2-4-7-13)14-8-5-9-15(12-14)17(18,19)20/h2-12,21H,1H3/b11-10+/t16-/m0/s1. The number of hydrogen-bond donors (Lipinski definition) is 1. The summed E-state index contributed by atoms with van der Waals surface area (Å²) in [5.41, 5.74) is -1.18. The monoisotopic (exact) mass is 292 g/mol. The van der Waals surface area contributed by atoms with Gasteiger partial charge in [-0.25, -0.2) is 0 Å². The van der Waals surface area contributed by atoms with E-state index in [2.05, 4.69) is 0 Å². The van der Waals surface area contributed by atoms with Gasteiger partial charge in [0.2, 0.25) is 0 Å². The van der Waals surface area contributed by atoms with Gasteiger partial charge in [-0.15, -0.1) is 0 Å². The van der Waals surface area contributed by atoms with Gasteiger partial charge < -0.3 is 5.11 Å². The average Bonchev–Trinajstić information content (AvgIpc) is 2.46. The van der Waals surface area contributed by atoms with Crippen molar-refractivity contribution in [1.82, 2.24) is 0 Å². The van der Waals surface area contributed by atoms with Gasteiger partial charge in [0.05, 0.1) is 5.56 Å². The van der Waals surface area contributed by atoms with Crippen LogP contribution in [0.2, 0.25) is 0 Å². The average molecular weight is 292 g/mol. The summed E-state index contributed by atoms with van der Waals surface area (Å²) >= 11 is 0. The van der Waals surface area contributed by atoms with Crippen molar-refractivity contribution < 1.29 is 18.3 Å². The van der Waals surface area contributed by atoms with Crippen LogP contribution in [-0.2, 0) is 11.8 Å². The van der Waals surface area contributed by atoms with E-state index in [1.807, 2.05) is 30.3 Å². The van der Waals surface area contributed by atoms with Crippen LogP contribution < -0.4 is 0 Å². The second-order valence-corrected chi connectivity index (χ2v) is 4.97. The molecule has 4 heteroatoms. The van der Waals surface area contributed by atoms with Crippen LogP contribution >= 0.6 is 0 Å². The van der Waals surface area contributed by atoms with E-state index < -0.39 is 17.3 Å². The minimum absolute atomic E-state index is 0.199. The molecule has 2 rings (SSSR count). The molecule has 0 amide bonds. The summed E-state index contributed by atoms with van der Waals surface area (Å²) in [5, 5.41) is 10.4. The Morgan fingerprint density at radius 1 is 0.905 bits per heavy atom. The number of benzene rings is 2. The zero-order chi connectivity index (χ0) is 15.5. The normalized spacial score (nSPS) is 15.1. The van der Waals surface area contributed by atoms with E-state index in [1.54, 1.807) is 6.08 Å². The lowest BCUT2D eigenvalue weighted by Crippen LogP contribution is -2.18. The summed E-state index contributed by atoms with van der Waals surface area (Å²) in [4.78, 5) is 0. The fourth-order valence-electron chi connectivity index (χ4n) is 1.93. The van der Waals surface area contributed by atoms with E-state index in [1.165, 1.54) is 25.1 Å². The maximum atomic E-state index is 12.7. The maximum absolute atomic E-state index is 12.7. The van der Waals surface area contributed by atoms with Crippen LogP contribution in [-0.4, -0.2) is 5.11 Å². The molecule has 0 saturated heterocycles.